The summed E-state index contributed by atoms with van der Waals surface area (Å²) in [5, 5.41) is 0. The van der Waals surface area contributed by atoms with Crippen molar-refractivity contribution in [2.24, 2.45) is 5.73 Å². The van der Waals surface area contributed by atoms with E-state index in [1.54, 1.807) is 0 Å². The molecule has 74 valence electrons. The van der Waals surface area contributed by atoms with Gasteiger partial charge in [0.1, 0.15) is 0 Å². The third kappa shape index (κ3) is 2.21. The molecule has 4 heteroatoms. The Bertz CT molecular complexity index is 329. The molecule has 0 bridgehead atoms. The predicted molar refractivity (Wildman–Crippen MR) is 52.9 cm³/mol. The molecule has 0 radical (unpaired) electrons. The summed E-state index contributed by atoms with van der Waals surface area (Å²) in [5.74, 6) is 0. The molecule has 1 aromatic rings. The van der Waals surface area contributed by atoms with Crippen molar-refractivity contribution in [3.63, 3.8) is 0 Å². The van der Waals surface area contributed by atoms with Crippen LogP contribution in [0.3, 0.4) is 0 Å². The lowest BCUT2D eigenvalue weighted by molar-refractivity contribution is 0.563. The first-order valence-corrected chi connectivity index (χ1v) is 4.47. The average molecular weight is 183 g/mol. The molecule has 0 amide bonds. The lowest BCUT2D eigenvalue weighted by atomic mass is 9.90. The summed E-state index contributed by atoms with van der Waals surface area (Å²) in [6.45, 7) is 6.74. The van der Waals surface area contributed by atoms with Crippen LogP contribution in [0.25, 0.3) is 0 Å². The van der Waals surface area contributed by atoms with Crippen molar-refractivity contribution in [3.8, 4) is 0 Å². The molecule has 4 N–H and O–H groups in total. The van der Waals surface area contributed by atoms with Gasteiger partial charge in [-0.1, -0.05) is 20.8 Å². The first-order chi connectivity index (χ1) is 5.95. The maximum Gasteiger partial charge on any atom is 0.323 e. The van der Waals surface area contributed by atoms with Crippen LogP contribution in [0.2, 0.25) is 0 Å². The van der Waals surface area contributed by atoms with Crippen LogP contribution < -0.4 is 11.4 Å². The summed E-state index contributed by atoms with van der Waals surface area (Å²) < 4.78 is 0. The van der Waals surface area contributed by atoms with Gasteiger partial charge in [0.25, 0.3) is 0 Å². The molecule has 0 aliphatic rings. The minimum absolute atomic E-state index is 0.0380. The van der Waals surface area contributed by atoms with Crippen LogP contribution >= 0.6 is 0 Å². The van der Waals surface area contributed by atoms with Crippen molar-refractivity contribution in [3.05, 3.63) is 21.9 Å². The summed E-state index contributed by atoms with van der Waals surface area (Å²) in [6.07, 6.45) is 0.714. The average Bonchev–Trinajstić information content (AvgIpc) is 2.30. The number of imidazole rings is 1. The van der Waals surface area contributed by atoms with Crippen molar-refractivity contribution < 1.29 is 0 Å². The molecule has 1 aromatic heterocycles. The highest BCUT2D eigenvalue weighted by molar-refractivity contribution is 5.19. The molecular formula is C9H17N3O. The fourth-order valence-corrected chi connectivity index (χ4v) is 1.39. The van der Waals surface area contributed by atoms with Gasteiger partial charge in [-0.15, -0.1) is 0 Å². The van der Waals surface area contributed by atoms with Gasteiger partial charge >= 0.3 is 5.69 Å². The summed E-state index contributed by atoms with van der Waals surface area (Å²) >= 11 is 0. The molecule has 0 aromatic carbocycles. The van der Waals surface area contributed by atoms with E-state index in [1.165, 1.54) is 0 Å². The summed E-state index contributed by atoms with van der Waals surface area (Å²) in [5.41, 5.74) is 7.15. The molecule has 0 unspecified atom stereocenters. The van der Waals surface area contributed by atoms with E-state index in [9.17, 15) is 4.79 Å². The molecule has 0 aliphatic heterocycles. The van der Waals surface area contributed by atoms with Crippen LogP contribution in [0.5, 0.6) is 0 Å². The number of hydrogen-bond donors (Lipinski definition) is 3. The number of hydrogen-bond acceptors (Lipinski definition) is 2. The van der Waals surface area contributed by atoms with E-state index in [4.69, 9.17) is 5.73 Å². The topological polar surface area (TPSA) is 74.7 Å². The Balaban J connectivity index is 3.12. The van der Waals surface area contributed by atoms with Gasteiger partial charge in [0, 0.05) is 23.2 Å². The number of nitrogens with two attached hydrogens (primary N) is 1. The third-order valence-corrected chi connectivity index (χ3v) is 1.95. The van der Waals surface area contributed by atoms with Gasteiger partial charge in [0.2, 0.25) is 0 Å². The third-order valence-electron chi connectivity index (χ3n) is 1.95. The monoisotopic (exact) mass is 183 g/mol. The zero-order valence-corrected chi connectivity index (χ0v) is 8.40. The Morgan fingerprint density at radius 2 is 1.92 bits per heavy atom. The molecule has 0 aliphatic carbocycles. The highest BCUT2D eigenvalue weighted by Crippen LogP contribution is 2.21. The molecule has 13 heavy (non-hydrogen) atoms. The lowest BCUT2D eigenvalue weighted by Gasteiger charge is -2.17. The van der Waals surface area contributed by atoms with Crippen molar-refractivity contribution in [2.45, 2.75) is 32.6 Å². The summed E-state index contributed by atoms with van der Waals surface area (Å²) in [7, 11) is 0. The number of aromatic nitrogens is 2. The molecule has 0 saturated carbocycles. The quantitative estimate of drug-likeness (QED) is 0.624. The molecule has 4 nitrogen and oxygen atoms in total. The maximum absolute atomic E-state index is 11.1. The first kappa shape index (κ1) is 10.1. The zero-order valence-electron chi connectivity index (χ0n) is 8.40. The number of H-pyrrole nitrogens is 2. The Morgan fingerprint density at radius 1 is 1.31 bits per heavy atom. The minimum atomic E-state index is -0.145. The van der Waals surface area contributed by atoms with Gasteiger partial charge in [0.05, 0.1) is 0 Å². The molecule has 1 heterocycles. The van der Waals surface area contributed by atoms with Crippen LogP contribution in [-0.4, -0.2) is 16.5 Å². The van der Waals surface area contributed by atoms with Crippen LogP contribution in [0.15, 0.2) is 4.79 Å². The SMILES string of the molecule is CC(C)(C)c1[nH]c(=O)[nH]c1CCN. The normalized spacial score (nSPS) is 12.0. The summed E-state index contributed by atoms with van der Waals surface area (Å²) in [4.78, 5) is 16.6. The van der Waals surface area contributed by atoms with Gasteiger partial charge in [-0.05, 0) is 6.54 Å². The van der Waals surface area contributed by atoms with Gasteiger partial charge in [-0.3, -0.25) is 0 Å². The van der Waals surface area contributed by atoms with E-state index in [0.717, 1.165) is 11.4 Å². The predicted octanol–water partition coefficient (Wildman–Crippen LogP) is 0.502. The fourth-order valence-electron chi connectivity index (χ4n) is 1.39. The molecular weight excluding hydrogens is 166 g/mol. The molecule has 0 spiro atoms. The van der Waals surface area contributed by atoms with Crippen LogP contribution in [0.4, 0.5) is 0 Å². The molecule has 1 rings (SSSR count). The van der Waals surface area contributed by atoms with E-state index >= 15 is 0 Å². The minimum Gasteiger partial charge on any atom is -0.330 e. The number of rotatable bonds is 2. The van der Waals surface area contributed by atoms with Gasteiger partial charge in [-0.2, -0.15) is 0 Å². The second kappa shape index (κ2) is 3.38. The Hall–Kier alpha value is -1.03. The Labute approximate surface area is 77.6 Å². The van der Waals surface area contributed by atoms with E-state index < -0.39 is 0 Å². The Morgan fingerprint density at radius 3 is 2.38 bits per heavy atom. The van der Waals surface area contributed by atoms with Gasteiger partial charge < -0.3 is 15.7 Å². The maximum atomic E-state index is 11.1. The van der Waals surface area contributed by atoms with Crippen LogP contribution in [0.1, 0.15) is 32.2 Å². The molecule has 0 saturated heterocycles. The van der Waals surface area contributed by atoms with Crippen LogP contribution in [-0.2, 0) is 11.8 Å². The standard InChI is InChI=1S/C9H17N3O/c1-9(2,3)7-6(4-5-10)11-8(13)12-7/h4-5,10H2,1-3H3,(H2,11,12,13). The lowest BCUT2D eigenvalue weighted by Crippen LogP contribution is -2.16. The van der Waals surface area contributed by atoms with E-state index in [0.29, 0.717) is 13.0 Å². The van der Waals surface area contributed by atoms with Crippen molar-refractivity contribution in [1.29, 1.82) is 0 Å². The summed E-state index contributed by atoms with van der Waals surface area (Å²) in [6, 6.07) is 0. The largest absolute Gasteiger partial charge is 0.330 e. The van der Waals surface area contributed by atoms with Crippen molar-refractivity contribution >= 4 is 0 Å². The second-order valence-electron chi connectivity index (χ2n) is 4.22. The highest BCUT2D eigenvalue weighted by Gasteiger charge is 2.20. The highest BCUT2D eigenvalue weighted by atomic mass is 16.1. The van der Waals surface area contributed by atoms with Crippen LogP contribution in [0, 0.1) is 0 Å². The Kier molecular flexibility index (Phi) is 2.61. The van der Waals surface area contributed by atoms with Gasteiger partial charge in [0.15, 0.2) is 0 Å². The number of nitrogens with one attached hydrogen (secondary N) is 2. The van der Waals surface area contributed by atoms with E-state index in [1.807, 2.05) is 0 Å². The number of aromatic amines is 2. The fraction of sp³-hybridized carbons (Fsp3) is 0.667. The zero-order chi connectivity index (χ0) is 10.1. The van der Waals surface area contributed by atoms with Crippen molar-refractivity contribution in [2.75, 3.05) is 6.54 Å². The van der Waals surface area contributed by atoms with Crippen molar-refractivity contribution in [1.82, 2.24) is 9.97 Å². The molecule has 0 atom stereocenters. The first-order valence-electron chi connectivity index (χ1n) is 4.47. The van der Waals surface area contributed by atoms with Gasteiger partial charge in [-0.25, -0.2) is 4.79 Å². The smallest absolute Gasteiger partial charge is 0.323 e. The van der Waals surface area contributed by atoms with E-state index in [2.05, 4.69) is 30.7 Å². The molecule has 0 fully saturated rings. The van der Waals surface area contributed by atoms with E-state index in [-0.39, 0.29) is 11.1 Å². The second-order valence-corrected chi connectivity index (χ2v) is 4.22.